The van der Waals surface area contributed by atoms with Gasteiger partial charge in [0.2, 0.25) is 5.82 Å². The highest BCUT2D eigenvalue weighted by molar-refractivity contribution is 5.65. The average Bonchev–Trinajstić information content (AvgIpc) is 2.97. The molecule has 0 radical (unpaired) electrons. The lowest BCUT2D eigenvalue weighted by atomic mass is 10.1. The Morgan fingerprint density at radius 3 is 2.30 bits per heavy atom. The number of aromatic nitrogens is 2. The molecule has 0 saturated carbocycles. The summed E-state index contributed by atoms with van der Waals surface area (Å²) >= 11 is 0. The van der Waals surface area contributed by atoms with Crippen molar-refractivity contribution in [1.29, 1.82) is 0 Å². The molecular weight excluding hydrogens is 256 g/mol. The fourth-order valence-corrected chi connectivity index (χ4v) is 2.16. The standard InChI is InChI=1S/C15H14N2O3/c1-8-9(2)19-10(3)13(8)15-16-14(17-20-15)11-4-6-12(18)7-5-11/h4-7,18H,1-3H3. The molecule has 0 unspecified atom stereocenters. The first-order chi connectivity index (χ1) is 9.56. The zero-order valence-electron chi connectivity index (χ0n) is 11.5. The van der Waals surface area contributed by atoms with Crippen molar-refractivity contribution in [3.63, 3.8) is 0 Å². The van der Waals surface area contributed by atoms with Gasteiger partial charge < -0.3 is 14.0 Å². The van der Waals surface area contributed by atoms with Crippen LogP contribution in [0.3, 0.4) is 0 Å². The maximum Gasteiger partial charge on any atom is 0.262 e. The van der Waals surface area contributed by atoms with E-state index in [1.807, 2.05) is 20.8 Å². The summed E-state index contributed by atoms with van der Waals surface area (Å²) in [7, 11) is 0. The van der Waals surface area contributed by atoms with Crippen LogP contribution in [0.5, 0.6) is 5.75 Å². The van der Waals surface area contributed by atoms with Gasteiger partial charge in [-0.2, -0.15) is 4.98 Å². The van der Waals surface area contributed by atoms with E-state index in [0.717, 1.165) is 28.2 Å². The number of furan rings is 1. The number of hydrogen-bond acceptors (Lipinski definition) is 5. The molecule has 2 aromatic heterocycles. The summed E-state index contributed by atoms with van der Waals surface area (Å²) in [6.45, 7) is 5.74. The monoisotopic (exact) mass is 270 g/mol. The molecule has 0 aliphatic rings. The molecule has 5 nitrogen and oxygen atoms in total. The van der Waals surface area contributed by atoms with Crippen LogP contribution in [0.2, 0.25) is 0 Å². The molecule has 20 heavy (non-hydrogen) atoms. The van der Waals surface area contributed by atoms with Crippen molar-refractivity contribution in [3.8, 4) is 28.6 Å². The van der Waals surface area contributed by atoms with Crippen molar-refractivity contribution in [2.24, 2.45) is 0 Å². The smallest absolute Gasteiger partial charge is 0.262 e. The lowest BCUT2D eigenvalue weighted by Gasteiger charge is -1.94. The summed E-state index contributed by atoms with van der Waals surface area (Å²) < 4.78 is 10.9. The van der Waals surface area contributed by atoms with Gasteiger partial charge in [-0.3, -0.25) is 0 Å². The Hall–Kier alpha value is -2.56. The first-order valence-corrected chi connectivity index (χ1v) is 6.26. The molecule has 2 heterocycles. The van der Waals surface area contributed by atoms with Crippen molar-refractivity contribution >= 4 is 0 Å². The number of rotatable bonds is 2. The van der Waals surface area contributed by atoms with Gasteiger partial charge in [0.1, 0.15) is 17.3 Å². The van der Waals surface area contributed by atoms with E-state index in [4.69, 9.17) is 8.94 Å². The number of phenols is 1. The summed E-state index contributed by atoms with van der Waals surface area (Å²) in [6.07, 6.45) is 0. The Morgan fingerprint density at radius 1 is 1.00 bits per heavy atom. The van der Waals surface area contributed by atoms with Gasteiger partial charge in [-0.25, -0.2) is 0 Å². The largest absolute Gasteiger partial charge is 0.508 e. The number of phenolic OH excluding ortho intramolecular Hbond substituents is 1. The van der Waals surface area contributed by atoms with E-state index < -0.39 is 0 Å². The molecule has 3 rings (SSSR count). The highest BCUT2D eigenvalue weighted by Crippen LogP contribution is 2.31. The molecular formula is C15H14N2O3. The van der Waals surface area contributed by atoms with Gasteiger partial charge in [-0.1, -0.05) is 5.16 Å². The minimum atomic E-state index is 0.203. The van der Waals surface area contributed by atoms with Crippen LogP contribution < -0.4 is 0 Å². The molecule has 0 aliphatic heterocycles. The molecule has 0 spiro atoms. The molecule has 0 fully saturated rings. The Bertz CT molecular complexity index is 754. The summed E-state index contributed by atoms with van der Waals surface area (Å²) in [6, 6.07) is 6.66. The third-order valence-electron chi connectivity index (χ3n) is 3.33. The van der Waals surface area contributed by atoms with Gasteiger partial charge in [0.05, 0.1) is 5.56 Å². The third kappa shape index (κ3) is 1.97. The predicted molar refractivity (Wildman–Crippen MR) is 73.3 cm³/mol. The maximum atomic E-state index is 9.29. The van der Waals surface area contributed by atoms with E-state index in [9.17, 15) is 5.11 Å². The molecule has 0 amide bonds. The van der Waals surface area contributed by atoms with Crippen LogP contribution in [-0.4, -0.2) is 15.2 Å². The van der Waals surface area contributed by atoms with Crippen LogP contribution in [0.1, 0.15) is 17.1 Å². The summed E-state index contributed by atoms with van der Waals surface area (Å²) in [5.41, 5.74) is 2.64. The summed E-state index contributed by atoms with van der Waals surface area (Å²) in [5.74, 6) is 2.75. The van der Waals surface area contributed by atoms with E-state index >= 15 is 0 Å². The fourth-order valence-electron chi connectivity index (χ4n) is 2.16. The van der Waals surface area contributed by atoms with E-state index in [-0.39, 0.29) is 5.75 Å². The van der Waals surface area contributed by atoms with Gasteiger partial charge >= 0.3 is 0 Å². The molecule has 0 atom stereocenters. The fraction of sp³-hybridized carbons (Fsp3) is 0.200. The number of hydrogen-bond donors (Lipinski definition) is 1. The SMILES string of the molecule is Cc1oc(C)c(-c2nc(-c3ccc(O)cc3)no2)c1C. The van der Waals surface area contributed by atoms with Crippen LogP contribution in [-0.2, 0) is 0 Å². The lowest BCUT2D eigenvalue weighted by molar-refractivity contribution is 0.430. The molecule has 0 bridgehead atoms. The number of aryl methyl sites for hydroxylation is 2. The number of benzene rings is 1. The van der Waals surface area contributed by atoms with Gasteiger partial charge in [-0.15, -0.1) is 0 Å². The first-order valence-electron chi connectivity index (χ1n) is 6.26. The molecule has 0 saturated heterocycles. The lowest BCUT2D eigenvalue weighted by Crippen LogP contribution is -1.83. The quantitative estimate of drug-likeness (QED) is 0.769. The topological polar surface area (TPSA) is 72.3 Å². The van der Waals surface area contributed by atoms with E-state index in [2.05, 4.69) is 10.1 Å². The molecule has 102 valence electrons. The third-order valence-corrected chi connectivity index (χ3v) is 3.33. The summed E-state index contributed by atoms with van der Waals surface area (Å²) in [5, 5.41) is 13.3. The Kier molecular flexibility index (Phi) is 2.82. The predicted octanol–water partition coefficient (Wildman–Crippen LogP) is 3.63. The second kappa shape index (κ2) is 4.52. The van der Waals surface area contributed by atoms with Gasteiger partial charge in [-0.05, 0) is 45.0 Å². The van der Waals surface area contributed by atoms with E-state index in [1.165, 1.54) is 0 Å². The molecule has 1 aromatic carbocycles. The summed E-state index contributed by atoms with van der Waals surface area (Å²) in [4.78, 5) is 4.40. The van der Waals surface area contributed by atoms with Crippen LogP contribution in [0.25, 0.3) is 22.8 Å². The normalized spacial score (nSPS) is 10.9. The second-order valence-electron chi connectivity index (χ2n) is 4.68. The minimum absolute atomic E-state index is 0.203. The van der Waals surface area contributed by atoms with Gasteiger partial charge in [0, 0.05) is 11.1 Å². The molecule has 3 aromatic rings. The van der Waals surface area contributed by atoms with Crippen molar-refractivity contribution in [1.82, 2.24) is 10.1 Å². The van der Waals surface area contributed by atoms with Crippen LogP contribution in [0, 0.1) is 20.8 Å². The van der Waals surface area contributed by atoms with Crippen molar-refractivity contribution < 1.29 is 14.0 Å². The van der Waals surface area contributed by atoms with Crippen molar-refractivity contribution in [2.45, 2.75) is 20.8 Å². The molecule has 5 heteroatoms. The number of aromatic hydroxyl groups is 1. The highest BCUT2D eigenvalue weighted by Gasteiger charge is 2.19. The maximum absolute atomic E-state index is 9.29. The Balaban J connectivity index is 2.04. The first kappa shape index (κ1) is 12.5. The van der Waals surface area contributed by atoms with Crippen LogP contribution in [0.4, 0.5) is 0 Å². The van der Waals surface area contributed by atoms with Gasteiger partial charge in [0.25, 0.3) is 5.89 Å². The number of nitrogens with zero attached hydrogens (tertiary/aromatic N) is 2. The zero-order chi connectivity index (χ0) is 14.3. The average molecular weight is 270 g/mol. The van der Waals surface area contributed by atoms with Crippen molar-refractivity contribution in [2.75, 3.05) is 0 Å². The van der Waals surface area contributed by atoms with Gasteiger partial charge in [0.15, 0.2) is 0 Å². The van der Waals surface area contributed by atoms with E-state index in [0.29, 0.717) is 11.7 Å². The Morgan fingerprint density at radius 2 is 1.70 bits per heavy atom. The van der Waals surface area contributed by atoms with Crippen molar-refractivity contribution in [3.05, 3.63) is 41.3 Å². The second-order valence-corrected chi connectivity index (χ2v) is 4.68. The Labute approximate surface area is 115 Å². The minimum Gasteiger partial charge on any atom is -0.508 e. The zero-order valence-corrected chi connectivity index (χ0v) is 11.5. The highest BCUT2D eigenvalue weighted by atomic mass is 16.5. The van der Waals surface area contributed by atoms with E-state index in [1.54, 1.807) is 24.3 Å². The van der Waals surface area contributed by atoms with Crippen LogP contribution >= 0.6 is 0 Å². The van der Waals surface area contributed by atoms with Crippen LogP contribution in [0.15, 0.2) is 33.2 Å². The molecule has 1 N–H and O–H groups in total. The molecule has 0 aliphatic carbocycles.